The maximum absolute atomic E-state index is 12.9. The van der Waals surface area contributed by atoms with E-state index in [0.717, 1.165) is 15.4 Å². The van der Waals surface area contributed by atoms with Gasteiger partial charge in [0.15, 0.2) is 0 Å². The van der Waals surface area contributed by atoms with E-state index in [1.807, 2.05) is 31.2 Å². The van der Waals surface area contributed by atoms with E-state index >= 15 is 0 Å². The largest absolute Gasteiger partial charge is 0.395 e. The lowest BCUT2D eigenvalue weighted by Crippen LogP contribution is -2.41. The average molecular weight is 362 g/mol. The summed E-state index contributed by atoms with van der Waals surface area (Å²) in [6.07, 6.45) is 0. The highest BCUT2D eigenvalue weighted by Crippen LogP contribution is 2.18. The number of carbonyl (C=O) groups excluding carboxylic acids is 1. The van der Waals surface area contributed by atoms with Crippen LogP contribution in [0.4, 0.5) is 0 Å². The first-order chi connectivity index (χ1) is 11.9. The second-order valence-corrected chi connectivity index (χ2v) is 7.58. The number of hydrogen-bond donors (Lipinski definition) is 2. The quantitative estimate of drug-likeness (QED) is 0.741. The molecule has 0 atom stereocenters. The number of nitrogens with one attached hydrogen (secondary N) is 1. The predicted octanol–water partition coefficient (Wildman–Crippen LogP) is 1.29. The van der Waals surface area contributed by atoms with Crippen molar-refractivity contribution in [2.24, 2.45) is 0 Å². The smallest absolute Gasteiger partial charge is 0.243 e. The van der Waals surface area contributed by atoms with Crippen molar-refractivity contribution in [1.82, 2.24) is 9.62 Å². The summed E-state index contributed by atoms with van der Waals surface area (Å²) in [4.78, 5) is 12.1. The summed E-state index contributed by atoms with van der Waals surface area (Å²) >= 11 is 0. The van der Waals surface area contributed by atoms with Crippen molar-refractivity contribution in [3.8, 4) is 0 Å². The molecule has 2 aromatic carbocycles. The number of aryl methyl sites for hydroxylation is 1. The molecular weight excluding hydrogens is 340 g/mol. The summed E-state index contributed by atoms with van der Waals surface area (Å²) in [7, 11) is -3.82. The summed E-state index contributed by atoms with van der Waals surface area (Å²) in [5.74, 6) is -0.458. The summed E-state index contributed by atoms with van der Waals surface area (Å²) in [5.41, 5.74) is 1.86. The van der Waals surface area contributed by atoms with Gasteiger partial charge in [-0.15, -0.1) is 0 Å². The van der Waals surface area contributed by atoms with Gasteiger partial charge in [0.2, 0.25) is 15.9 Å². The lowest BCUT2D eigenvalue weighted by molar-refractivity contribution is -0.121. The van der Waals surface area contributed by atoms with E-state index in [1.54, 1.807) is 18.2 Å². The second kappa shape index (κ2) is 8.75. The Labute approximate surface area is 148 Å². The Balaban J connectivity index is 2.27. The van der Waals surface area contributed by atoms with Crippen LogP contribution in [0, 0.1) is 6.92 Å². The van der Waals surface area contributed by atoms with Crippen molar-refractivity contribution in [2.75, 3.05) is 19.7 Å². The number of nitrogens with zero attached hydrogens (tertiary/aromatic N) is 1. The van der Waals surface area contributed by atoms with Crippen LogP contribution in [0.25, 0.3) is 0 Å². The molecule has 2 N–H and O–H groups in total. The zero-order chi connectivity index (χ0) is 18.3. The highest BCUT2D eigenvalue weighted by Gasteiger charge is 2.26. The van der Waals surface area contributed by atoms with E-state index in [-0.39, 0.29) is 31.1 Å². The van der Waals surface area contributed by atoms with E-state index in [9.17, 15) is 13.2 Å². The molecule has 134 valence electrons. The van der Waals surface area contributed by atoms with Crippen molar-refractivity contribution >= 4 is 15.9 Å². The number of aliphatic hydroxyl groups excluding tert-OH is 1. The van der Waals surface area contributed by atoms with Crippen molar-refractivity contribution in [3.63, 3.8) is 0 Å². The van der Waals surface area contributed by atoms with E-state index < -0.39 is 15.9 Å². The van der Waals surface area contributed by atoms with Gasteiger partial charge in [0.25, 0.3) is 0 Å². The van der Waals surface area contributed by atoms with Crippen LogP contribution in [0.15, 0.2) is 59.5 Å². The lowest BCUT2D eigenvalue weighted by atomic mass is 10.1. The van der Waals surface area contributed by atoms with Crippen LogP contribution in [-0.4, -0.2) is 43.4 Å². The Morgan fingerprint density at radius 3 is 2.32 bits per heavy atom. The number of sulfonamides is 1. The highest BCUT2D eigenvalue weighted by atomic mass is 32.2. The third-order valence-electron chi connectivity index (χ3n) is 3.61. The van der Waals surface area contributed by atoms with Crippen molar-refractivity contribution < 1.29 is 18.3 Å². The first-order valence-corrected chi connectivity index (χ1v) is 9.36. The Morgan fingerprint density at radius 1 is 1.08 bits per heavy atom. The number of benzene rings is 2. The van der Waals surface area contributed by atoms with Crippen molar-refractivity contribution in [2.45, 2.75) is 18.4 Å². The van der Waals surface area contributed by atoms with Crippen LogP contribution in [-0.2, 0) is 21.4 Å². The molecule has 0 aliphatic rings. The van der Waals surface area contributed by atoms with Gasteiger partial charge in [0, 0.05) is 13.1 Å². The van der Waals surface area contributed by atoms with Crippen LogP contribution in [0.1, 0.15) is 11.1 Å². The Kier molecular flexibility index (Phi) is 6.69. The summed E-state index contributed by atoms with van der Waals surface area (Å²) in [6.45, 7) is 1.61. The number of amides is 1. The SMILES string of the molecule is Cc1ccc(CN(CC(=O)NCCO)S(=O)(=O)c2ccccc2)cc1. The molecular formula is C18H22N2O4S. The van der Waals surface area contributed by atoms with Gasteiger partial charge in [-0.1, -0.05) is 48.0 Å². The molecule has 2 aromatic rings. The molecule has 6 nitrogen and oxygen atoms in total. The average Bonchev–Trinajstić information content (AvgIpc) is 2.62. The molecule has 0 bridgehead atoms. The second-order valence-electron chi connectivity index (χ2n) is 5.65. The first kappa shape index (κ1) is 19.1. The minimum atomic E-state index is -3.82. The number of rotatable bonds is 8. The fourth-order valence-electron chi connectivity index (χ4n) is 2.28. The van der Waals surface area contributed by atoms with E-state index in [2.05, 4.69) is 5.32 Å². The van der Waals surface area contributed by atoms with Crippen LogP contribution < -0.4 is 5.32 Å². The molecule has 0 unspecified atom stereocenters. The van der Waals surface area contributed by atoms with Gasteiger partial charge in [-0.05, 0) is 24.6 Å². The van der Waals surface area contributed by atoms with Crippen LogP contribution in [0.2, 0.25) is 0 Å². The zero-order valence-electron chi connectivity index (χ0n) is 14.1. The molecule has 0 aliphatic carbocycles. The van der Waals surface area contributed by atoms with Gasteiger partial charge in [0.1, 0.15) is 0 Å². The number of hydrogen-bond acceptors (Lipinski definition) is 4. The third kappa shape index (κ3) is 5.38. The lowest BCUT2D eigenvalue weighted by Gasteiger charge is -2.22. The molecule has 0 saturated carbocycles. The molecule has 0 aromatic heterocycles. The van der Waals surface area contributed by atoms with Gasteiger partial charge < -0.3 is 10.4 Å². The summed E-state index contributed by atoms with van der Waals surface area (Å²) < 4.78 is 27.0. The normalized spacial score (nSPS) is 11.5. The molecule has 0 radical (unpaired) electrons. The zero-order valence-corrected chi connectivity index (χ0v) is 14.9. The maximum atomic E-state index is 12.9. The van der Waals surface area contributed by atoms with Crippen molar-refractivity contribution in [3.05, 3.63) is 65.7 Å². The van der Waals surface area contributed by atoms with Gasteiger partial charge in [0.05, 0.1) is 18.0 Å². The van der Waals surface area contributed by atoms with Gasteiger partial charge in [-0.2, -0.15) is 4.31 Å². The van der Waals surface area contributed by atoms with Gasteiger partial charge in [-0.3, -0.25) is 4.79 Å². The van der Waals surface area contributed by atoms with Crippen molar-refractivity contribution in [1.29, 1.82) is 0 Å². The van der Waals surface area contributed by atoms with Crippen LogP contribution >= 0.6 is 0 Å². The van der Waals surface area contributed by atoms with Gasteiger partial charge in [-0.25, -0.2) is 8.42 Å². The molecule has 1 amide bonds. The molecule has 0 aliphatic heterocycles. The molecule has 7 heteroatoms. The number of aliphatic hydroxyl groups is 1. The Morgan fingerprint density at radius 2 is 1.72 bits per heavy atom. The van der Waals surface area contributed by atoms with Gasteiger partial charge >= 0.3 is 0 Å². The molecule has 0 fully saturated rings. The fourth-order valence-corrected chi connectivity index (χ4v) is 3.68. The summed E-state index contributed by atoms with van der Waals surface area (Å²) in [6, 6.07) is 15.5. The standard InChI is InChI=1S/C18H22N2O4S/c1-15-7-9-16(10-8-15)13-20(14-18(22)19-11-12-21)25(23,24)17-5-3-2-4-6-17/h2-10,21H,11-14H2,1H3,(H,19,22). The maximum Gasteiger partial charge on any atom is 0.243 e. The molecule has 0 saturated heterocycles. The third-order valence-corrected chi connectivity index (χ3v) is 5.42. The highest BCUT2D eigenvalue weighted by molar-refractivity contribution is 7.89. The van der Waals surface area contributed by atoms with Crippen LogP contribution in [0.5, 0.6) is 0 Å². The minimum absolute atomic E-state index is 0.0859. The minimum Gasteiger partial charge on any atom is -0.395 e. The molecule has 0 heterocycles. The molecule has 2 rings (SSSR count). The van der Waals surface area contributed by atoms with E-state index in [0.29, 0.717) is 0 Å². The first-order valence-electron chi connectivity index (χ1n) is 7.92. The topological polar surface area (TPSA) is 86.7 Å². The molecule has 25 heavy (non-hydrogen) atoms. The van der Waals surface area contributed by atoms with E-state index in [4.69, 9.17) is 5.11 Å². The monoisotopic (exact) mass is 362 g/mol. The van der Waals surface area contributed by atoms with E-state index in [1.165, 1.54) is 12.1 Å². The Bertz CT molecular complexity index is 790. The number of carbonyl (C=O) groups is 1. The van der Waals surface area contributed by atoms with Crippen LogP contribution in [0.3, 0.4) is 0 Å². The Hall–Kier alpha value is -2.22. The summed E-state index contributed by atoms with van der Waals surface area (Å²) in [5, 5.41) is 11.3. The molecule has 0 spiro atoms. The fraction of sp³-hybridized carbons (Fsp3) is 0.278. The predicted molar refractivity (Wildman–Crippen MR) is 95.3 cm³/mol.